The summed E-state index contributed by atoms with van der Waals surface area (Å²) in [5, 5.41) is 9.21. The lowest BCUT2D eigenvalue weighted by Crippen LogP contribution is -1.89. The highest BCUT2D eigenvalue weighted by Gasteiger charge is 2.18. The van der Waals surface area contributed by atoms with Crippen molar-refractivity contribution in [2.24, 2.45) is 0 Å². The molecule has 0 aliphatic carbocycles. The van der Waals surface area contributed by atoms with Gasteiger partial charge in [0.25, 0.3) is 0 Å². The molecule has 20 heavy (non-hydrogen) atoms. The average Bonchev–Trinajstić information content (AvgIpc) is 2.86. The third-order valence-corrected chi connectivity index (χ3v) is 4.19. The first-order chi connectivity index (χ1) is 9.81. The summed E-state index contributed by atoms with van der Waals surface area (Å²) in [5.41, 5.74) is 9.56. The Hall–Kier alpha value is -2.64. The lowest BCUT2D eigenvalue weighted by molar-refractivity contribution is 1.33. The molecule has 2 N–H and O–H groups in total. The molecule has 3 nitrogen and oxygen atoms in total. The summed E-state index contributed by atoms with van der Waals surface area (Å²) in [5.74, 6) is 0. The summed E-state index contributed by atoms with van der Waals surface area (Å²) >= 11 is 1.42. The van der Waals surface area contributed by atoms with Crippen molar-refractivity contribution in [1.82, 2.24) is 4.98 Å². The van der Waals surface area contributed by atoms with Crippen LogP contribution in [0.25, 0.3) is 21.6 Å². The molecule has 0 aliphatic heterocycles. The first-order valence-electron chi connectivity index (χ1n) is 6.09. The first-order valence-corrected chi connectivity index (χ1v) is 6.91. The van der Waals surface area contributed by atoms with Crippen molar-refractivity contribution in [2.45, 2.75) is 0 Å². The molecule has 0 fully saturated rings. The fraction of sp³-hybridized carbons (Fsp3) is 0. The first kappa shape index (κ1) is 12.4. The van der Waals surface area contributed by atoms with Crippen molar-refractivity contribution in [3.8, 4) is 27.6 Å². The van der Waals surface area contributed by atoms with Gasteiger partial charge in [0.05, 0.1) is 5.69 Å². The number of hydrogen-bond acceptors (Lipinski definition) is 4. The van der Waals surface area contributed by atoms with E-state index in [0.29, 0.717) is 10.6 Å². The summed E-state index contributed by atoms with van der Waals surface area (Å²) in [6.07, 6.45) is 3.49. The number of benzene rings is 1. The van der Waals surface area contributed by atoms with Gasteiger partial charge in [-0.2, -0.15) is 5.26 Å². The summed E-state index contributed by atoms with van der Waals surface area (Å²) in [6, 6.07) is 16.0. The Balaban J connectivity index is 2.28. The number of nitrogen functional groups attached to an aromatic ring is 1. The van der Waals surface area contributed by atoms with E-state index in [1.54, 1.807) is 12.4 Å². The zero-order chi connectivity index (χ0) is 13.9. The lowest BCUT2D eigenvalue weighted by Gasteiger charge is -2.05. The number of nitrogens with zero attached hydrogens (tertiary/aromatic N) is 2. The van der Waals surface area contributed by atoms with Crippen molar-refractivity contribution < 1.29 is 0 Å². The molecule has 1 aromatic carbocycles. The van der Waals surface area contributed by atoms with Crippen LogP contribution in [0.5, 0.6) is 0 Å². The van der Waals surface area contributed by atoms with Gasteiger partial charge in [0.2, 0.25) is 0 Å². The molecule has 0 saturated heterocycles. The van der Waals surface area contributed by atoms with E-state index >= 15 is 0 Å². The molecule has 0 radical (unpaired) electrons. The standard InChI is InChI=1S/C16H11N3S/c17-9-13-15(18)14(12-7-4-8-19-10-12)16(20-13)11-5-2-1-3-6-11/h1-8,10H,18H2. The highest BCUT2D eigenvalue weighted by molar-refractivity contribution is 7.17. The molecular weight excluding hydrogens is 266 g/mol. The van der Waals surface area contributed by atoms with Gasteiger partial charge >= 0.3 is 0 Å². The number of rotatable bonds is 2. The quantitative estimate of drug-likeness (QED) is 0.772. The maximum Gasteiger partial charge on any atom is 0.129 e. The summed E-state index contributed by atoms with van der Waals surface area (Å²) in [4.78, 5) is 5.69. The Labute approximate surface area is 121 Å². The van der Waals surface area contributed by atoms with Gasteiger partial charge in [-0.25, -0.2) is 0 Å². The highest BCUT2D eigenvalue weighted by atomic mass is 32.1. The van der Waals surface area contributed by atoms with Crippen molar-refractivity contribution in [1.29, 1.82) is 5.26 Å². The van der Waals surface area contributed by atoms with Crippen molar-refractivity contribution in [3.63, 3.8) is 0 Å². The second kappa shape index (κ2) is 5.16. The highest BCUT2D eigenvalue weighted by Crippen LogP contribution is 2.44. The number of nitriles is 1. The zero-order valence-corrected chi connectivity index (χ0v) is 11.4. The molecule has 3 aromatic rings. The summed E-state index contributed by atoms with van der Waals surface area (Å²) < 4.78 is 0. The predicted octanol–water partition coefficient (Wildman–Crippen LogP) is 3.93. The minimum absolute atomic E-state index is 0.532. The number of anilines is 1. The molecule has 3 rings (SSSR count). The predicted molar refractivity (Wildman–Crippen MR) is 82.1 cm³/mol. The van der Waals surface area contributed by atoms with Gasteiger partial charge in [0, 0.05) is 28.4 Å². The SMILES string of the molecule is N#Cc1sc(-c2ccccc2)c(-c2cccnc2)c1N. The van der Waals surface area contributed by atoms with E-state index in [2.05, 4.69) is 11.1 Å². The molecule has 0 bridgehead atoms. The summed E-state index contributed by atoms with van der Waals surface area (Å²) in [7, 11) is 0. The monoisotopic (exact) mass is 277 g/mol. The Morgan fingerprint density at radius 1 is 1.05 bits per heavy atom. The van der Waals surface area contributed by atoms with Gasteiger partial charge in [-0.15, -0.1) is 11.3 Å². The molecule has 0 amide bonds. The third-order valence-electron chi connectivity index (χ3n) is 3.03. The van der Waals surface area contributed by atoms with Gasteiger partial charge in [0.15, 0.2) is 0 Å². The number of thiophene rings is 1. The van der Waals surface area contributed by atoms with Crippen molar-refractivity contribution in [2.75, 3.05) is 5.73 Å². The van der Waals surface area contributed by atoms with E-state index in [9.17, 15) is 5.26 Å². The van der Waals surface area contributed by atoms with Crippen LogP contribution in [0.3, 0.4) is 0 Å². The van der Waals surface area contributed by atoms with Gasteiger partial charge in [-0.1, -0.05) is 36.4 Å². The average molecular weight is 277 g/mol. The molecule has 2 aromatic heterocycles. The normalized spacial score (nSPS) is 10.2. The minimum atomic E-state index is 0.532. The molecular formula is C16H11N3S. The number of nitrogens with two attached hydrogens (primary N) is 1. The Morgan fingerprint density at radius 3 is 2.45 bits per heavy atom. The van der Waals surface area contributed by atoms with Crippen LogP contribution in [-0.2, 0) is 0 Å². The van der Waals surface area contributed by atoms with Gasteiger partial charge < -0.3 is 5.73 Å². The maximum atomic E-state index is 9.21. The van der Waals surface area contributed by atoms with E-state index < -0.39 is 0 Å². The molecule has 2 heterocycles. The van der Waals surface area contributed by atoms with Gasteiger partial charge in [-0.05, 0) is 11.6 Å². The van der Waals surface area contributed by atoms with Gasteiger partial charge in [0.1, 0.15) is 10.9 Å². The lowest BCUT2D eigenvalue weighted by atomic mass is 10.0. The van der Waals surface area contributed by atoms with Crippen LogP contribution in [0.2, 0.25) is 0 Å². The zero-order valence-electron chi connectivity index (χ0n) is 10.6. The van der Waals surface area contributed by atoms with Crippen LogP contribution in [-0.4, -0.2) is 4.98 Å². The van der Waals surface area contributed by atoms with Gasteiger partial charge in [-0.3, -0.25) is 4.98 Å². The van der Waals surface area contributed by atoms with Crippen molar-refractivity contribution in [3.05, 3.63) is 59.7 Å². The van der Waals surface area contributed by atoms with Crippen LogP contribution >= 0.6 is 11.3 Å². The summed E-state index contributed by atoms with van der Waals surface area (Å²) in [6.45, 7) is 0. The molecule has 0 saturated carbocycles. The van der Waals surface area contributed by atoms with Crippen LogP contribution in [0.1, 0.15) is 4.88 Å². The molecule has 0 aliphatic rings. The van der Waals surface area contributed by atoms with E-state index in [0.717, 1.165) is 21.6 Å². The maximum absolute atomic E-state index is 9.21. The molecule has 0 spiro atoms. The number of pyridine rings is 1. The second-order valence-electron chi connectivity index (χ2n) is 4.27. The molecule has 96 valence electrons. The third kappa shape index (κ3) is 2.04. The second-order valence-corrected chi connectivity index (χ2v) is 5.29. The number of hydrogen-bond donors (Lipinski definition) is 1. The largest absolute Gasteiger partial charge is 0.396 e. The van der Waals surface area contributed by atoms with E-state index in [4.69, 9.17) is 5.73 Å². The fourth-order valence-electron chi connectivity index (χ4n) is 2.12. The smallest absolute Gasteiger partial charge is 0.129 e. The van der Waals surface area contributed by atoms with E-state index in [-0.39, 0.29) is 0 Å². The van der Waals surface area contributed by atoms with E-state index in [1.807, 2.05) is 42.5 Å². The minimum Gasteiger partial charge on any atom is -0.396 e. The Morgan fingerprint density at radius 2 is 1.80 bits per heavy atom. The number of aromatic nitrogens is 1. The Bertz CT molecular complexity index is 771. The molecule has 0 unspecified atom stereocenters. The van der Waals surface area contributed by atoms with Crippen LogP contribution in [0.4, 0.5) is 5.69 Å². The molecule has 4 heteroatoms. The molecule has 0 atom stereocenters. The van der Waals surface area contributed by atoms with E-state index in [1.165, 1.54) is 11.3 Å². The van der Waals surface area contributed by atoms with Crippen LogP contribution in [0, 0.1) is 11.3 Å². The fourth-order valence-corrected chi connectivity index (χ4v) is 3.16. The van der Waals surface area contributed by atoms with Crippen LogP contribution in [0.15, 0.2) is 54.9 Å². The van der Waals surface area contributed by atoms with Crippen LogP contribution < -0.4 is 5.73 Å². The topological polar surface area (TPSA) is 62.7 Å². The van der Waals surface area contributed by atoms with Crippen molar-refractivity contribution >= 4 is 17.0 Å². The Kier molecular flexibility index (Phi) is 3.20.